The molecule has 0 amide bonds. The van der Waals surface area contributed by atoms with Gasteiger partial charge in [0, 0.05) is 0 Å². The van der Waals surface area contributed by atoms with Crippen molar-refractivity contribution in [2.75, 3.05) is 6.61 Å². The minimum Gasteiger partial charge on any atom is -0.494 e. The van der Waals surface area contributed by atoms with Gasteiger partial charge in [0.1, 0.15) is 5.76 Å². The summed E-state index contributed by atoms with van der Waals surface area (Å²) in [6.45, 7) is 8.85. The lowest BCUT2D eigenvalue weighted by Gasteiger charge is -2.16. The van der Waals surface area contributed by atoms with Gasteiger partial charge in [0.2, 0.25) is 0 Å². The third-order valence-electron chi connectivity index (χ3n) is 2.30. The van der Waals surface area contributed by atoms with Gasteiger partial charge in [-0.15, -0.1) is 6.58 Å². The molecule has 0 aromatic rings. The Morgan fingerprint density at radius 3 is 2.92 bits per heavy atom. The minimum absolute atomic E-state index is 0.422. The van der Waals surface area contributed by atoms with E-state index in [9.17, 15) is 0 Å². The maximum absolute atomic E-state index is 5.54. The van der Waals surface area contributed by atoms with Crippen LogP contribution in [0.3, 0.4) is 0 Å². The predicted octanol–water partition coefficient (Wildman–Crippen LogP) is 3.45. The largest absolute Gasteiger partial charge is 0.494 e. The van der Waals surface area contributed by atoms with Crippen molar-refractivity contribution in [1.82, 2.24) is 0 Å². The first-order valence-electron chi connectivity index (χ1n) is 4.87. The Morgan fingerprint density at radius 2 is 2.31 bits per heavy atom. The van der Waals surface area contributed by atoms with Crippen molar-refractivity contribution < 1.29 is 4.74 Å². The number of allylic oxidation sites excluding steroid dienone is 4. The Balaban J connectivity index is 2.60. The number of rotatable bonds is 3. The van der Waals surface area contributed by atoms with Crippen LogP contribution < -0.4 is 0 Å². The van der Waals surface area contributed by atoms with Crippen LogP contribution >= 0.6 is 0 Å². The zero-order valence-electron chi connectivity index (χ0n) is 8.55. The third kappa shape index (κ3) is 3.10. The van der Waals surface area contributed by atoms with Gasteiger partial charge in [-0.25, -0.2) is 0 Å². The van der Waals surface area contributed by atoms with Crippen molar-refractivity contribution >= 4 is 0 Å². The summed E-state index contributed by atoms with van der Waals surface area (Å²) in [4.78, 5) is 0. The smallest absolute Gasteiger partial charge is 0.117 e. The Kier molecular flexibility index (Phi) is 3.81. The first-order valence-corrected chi connectivity index (χ1v) is 4.87. The molecular weight excluding hydrogens is 160 g/mol. The Labute approximate surface area is 80.8 Å². The Morgan fingerprint density at radius 1 is 1.54 bits per heavy atom. The fraction of sp³-hybridized carbons (Fsp3) is 0.500. The lowest BCUT2D eigenvalue weighted by atomic mass is 10.1. The number of hydrogen-bond acceptors (Lipinski definition) is 1. The molecule has 1 heterocycles. The fourth-order valence-corrected chi connectivity index (χ4v) is 1.27. The summed E-state index contributed by atoms with van der Waals surface area (Å²) in [7, 11) is 0. The number of ether oxygens (including phenoxy) is 1. The normalized spacial score (nSPS) is 20.2. The lowest BCUT2D eigenvalue weighted by Crippen LogP contribution is -2.03. The van der Waals surface area contributed by atoms with Crippen molar-refractivity contribution in [2.45, 2.75) is 26.7 Å². The van der Waals surface area contributed by atoms with Crippen LogP contribution in [-0.2, 0) is 4.74 Å². The number of hydrogen-bond donors (Lipinski definition) is 0. The topological polar surface area (TPSA) is 9.23 Å². The molecule has 72 valence electrons. The molecule has 13 heavy (non-hydrogen) atoms. The fourth-order valence-electron chi connectivity index (χ4n) is 1.27. The molecule has 0 bridgehead atoms. The van der Waals surface area contributed by atoms with Crippen molar-refractivity contribution in [3.8, 4) is 0 Å². The Bertz CT molecular complexity index is 236. The van der Waals surface area contributed by atoms with Gasteiger partial charge in [0.25, 0.3) is 0 Å². The lowest BCUT2D eigenvalue weighted by molar-refractivity contribution is 0.199. The van der Waals surface area contributed by atoms with Crippen LogP contribution in [0.4, 0.5) is 0 Å². The van der Waals surface area contributed by atoms with Gasteiger partial charge in [-0.3, -0.25) is 0 Å². The average Bonchev–Trinajstić information content (AvgIpc) is 2.16. The summed E-state index contributed by atoms with van der Waals surface area (Å²) in [5, 5.41) is 0. The van der Waals surface area contributed by atoms with Crippen molar-refractivity contribution in [2.24, 2.45) is 5.92 Å². The monoisotopic (exact) mass is 178 g/mol. The summed E-state index contributed by atoms with van der Waals surface area (Å²) in [6.07, 6.45) is 8.44. The average molecular weight is 178 g/mol. The van der Waals surface area contributed by atoms with Crippen LogP contribution in [0.5, 0.6) is 0 Å². The molecule has 1 unspecified atom stereocenters. The molecule has 1 aliphatic heterocycles. The first-order chi connectivity index (χ1) is 6.24. The van der Waals surface area contributed by atoms with Gasteiger partial charge in [-0.05, 0) is 37.3 Å². The standard InChI is InChI=1S/C12H18O/c1-4-10(2)7-8-12-11(3)6-5-9-13-12/h4,7-8,10H,1,5-6,9H2,2-3H3/b8-7-. The van der Waals surface area contributed by atoms with E-state index in [0.29, 0.717) is 5.92 Å². The summed E-state index contributed by atoms with van der Waals surface area (Å²) >= 11 is 0. The van der Waals surface area contributed by atoms with Crippen molar-refractivity contribution in [3.63, 3.8) is 0 Å². The zero-order valence-corrected chi connectivity index (χ0v) is 8.55. The maximum atomic E-state index is 5.54. The van der Waals surface area contributed by atoms with Gasteiger partial charge >= 0.3 is 0 Å². The highest BCUT2D eigenvalue weighted by Crippen LogP contribution is 2.19. The van der Waals surface area contributed by atoms with E-state index in [1.165, 1.54) is 12.0 Å². The highest BCUT2D eigenvalue weighted by molar-refractivity contribution is 5.21. The molecule has 0 radical (unpaired) electrons. The van der Waals surface area contributed by atoms with E-state index in [1.807, 2.05) is 6.08 Å². The second-order valence-electron chi connectivity index (χ2n) is 3.55. The van der Waals surface area contributed by atoms with E-state index in [1.54, 1.807) is 0 Å². The van der Waals surface area contributed by atoms with Crippen LogP contribution in [0.25, 0.3) is 0 Å². The van der Waals surface area contributed by atoms with Gasteiger partial charge in [0.15, 0.2) is 0 Å². The SMILES string of the molecule is C=CC(C)/C=C\C1=C(C)CCCO1. The zero-order chi connectivity index (χ0) is 9.68. The molecule has 0 aromatic carbocycles. The molecular formula is C12H18O. The minimum atomic E-state index is 0.422. The van der Waals surface area contributed by atoms with E-state index in [-0.39, 0.29) is 0 Å². The van der Waals surface area contributed by atoms with Crippen LogP contribution in [0.2, 0.25) is 0 Å². The van der Waals surface area contributed by atoms with Crippen molar-refractivity contribution in [1.29, 1.82) is 0 Å². The summed E-state index contributed by atoms with van der Waals surface area (Å²) in [6, 6.07) is 0. The third-order valence-corrected chi connectivity index (χ3v) is 2.30. The molecule has 0 aliphatic carbocycles. The van der Waals surface area contributed by atoms with Gasteiger partial charge in [-0.2, -0.15) is 0 Å². The second kappa shape index (κ2) is 4.90. The molecule has 1 rings (SSSR count). The summed E-state index contributed by atoms with van der Waals surface area (Å²) in [5.41, 5.74) is 1.36. The van der Waals surface area contributed by atoms with E-state index >= 15 is 0 Å². The van der Waals surface area contributed by atoms with Crippen LogP contribution in [0, 0.1) is 5.92 Å². The molecule has 0 saturated carbocycles. The molecule has 0 aromatic heterocycles. The predicted molar refractivity (Wildman–Crippen MR) is 56.4 cm³/mol. The first kappa shape index (κ1) is 10.1. The second-order valence-corrected chi connectivity index (χ2v) is 3.55. The molecule has 1 nitrogen and oxygen atoms in total. The summed E-state index contributed by atoms with van der Waals surface area (Å²) < 4.78 is 5.54. The van der Waals surface area contributed by atoms with E-state index in [2.05, 4.69) is 32.6 Å². The van der Waals surface area contributed by atoms with E-state index < -0.39 is 0 Å². The van der Waals surface area contributed by atoms with Crippen LogP contribution in [-0.4, -0.2) is 6.61 Å². The summed E-state index contributed by atoms with van der Waals surface area (Å²) in [5.74, 6) is 1.48. The highest BCUT2D eigenvalue weighted by atomic mass is 16.5. The van der Waals surface area contributed by atoms with Crippen molar-refractivity contribution in [3.05, 3.63) is 36.1 Å². The quantitative estimate of drug-likeness (QED) is 0.601. The molecule has 0 fully saturated rings. The van der Waals surface area contributed by atoms with E-state index in [0.717, 1.165) is 18.8 Å². The van der Waals surface area contributed by atoms with Crippen LogP contribution in [0.1, 0.15) is 26.7 Å². The molecule has 0 spiro atoms. The van der Waals surface area contributed by atoms with Gasteiger partial charge in [-0.1, -0.05) is 19.1 Å². The molecule has 1 aliphatic rings. The molecule has 1 atom stereocenters. The molecule has 0 saturated heterocycles. The highest BCUT2D eigenvalue weighted by Gasteiger charge is 2.06. The van der Waals surface area contributed by atoms with Gasteiger partial charge < -0.3 is 4.74 Å². The molecule has 0 N–H and O–H groups in total. The molecule has 1 heteroatoms. The maximum Gasteiger partial charge on any atom is 0.117 e. The van der Waals surface area contributed by atoms with Gasteiger partial charge in [0.05, 0.1) is 6.61 Å². The van der Waals surface area contributed by atoms with Crippen LogP contribution in [0.15, 0.2) is 36.1 Å². The Hall–Kier alpha value is -0.980. The van der Waals surface area contributed by atoms with E-state index in [4.69, 9.17) is 4.74 Å².